The summed E-state index contributed by atoms with van der Waals surface area (Å²) in [6.07, 6.45) is 2.49. The maximum atomic E-state index is 14.0. The maximum Gasteiger partial charge on any atom is 0.229 e. The number of rotatable bonds is 4. The molecule has 0 spiro atoms. The lowest BCUT2D eigenvalue weighted by Crippen LogP contribution is -2.32. The van der Waals surface area contributed by atoms with E-state index in [0.717, 1.165) is 24.7 Å². The summed E-state index contributed by atoms with van der Waals surface area (Å²) in [4.78, 5) is 28.7. The molecule has 2 aliphatic rings. The Balaban J connectivity index is 1.37. The Morgan fingerprint density at radius 2 is 1.76 bits per heavy atom. The minimum absolute atomic E-state index is 0.0875. The summed E-state index contributed by atoms with van der Waals surface area (Å²) in [5.74, 6) is -0.612. The standard InChI is InChI=1S/C23H26FN3O2/c1-16-10-12-26(13-11-16)19-8-6-18(7-9-19)25-23(29)17-14-22(28)27(15-17)21-5-3-2-4-20(21)24/h2-9,16-17H,10-15H2,1H3,(H,25,29). The summed E-state index contributed by atoms with van der Waals surface area (Å²) in [5, 5.41) is 2.90. The van der Waals surface area contributed by atoms with Gasteiger partial charge in [-0.25, -0.2) is 4.39 Å². The Labute approximate surface area is 170 Å². The molecule has 152 valence electrons. The minimum Gasteiger partial charge on any atom is -0.372 e. The second-order valence-corrected chi connectivity index (χ2v) is 8.06. The zero-order valence-electron chi connectivity index (χ0n) is 16.6. The summed E-state index contributed by atoms with van der Waals surface area (Å²) in [5.41, 5.74) is 2.10. The predicted molar refractivity (Wildman–Crippen MR) is 113 cm³/mol. The third-order valence-corrected chi connectivity index (χ3v) is 5.92. The van der Waals surface area contributed by atoms with E-state index in [9.17, 15) is 14.0 Å². The van der Waals surface area contributed by atoms with E-state index in [4.69, 9.17) is 0 Å². The first-order chi connectivity index (χ1) is 14.0. The number of carbonyl (C=O) groups is 2. The summed E-state index contributed by atoms with van der Waals surface area (Å²) in [7, 11) is 0. The quantitative estimate of drug-likeness (QED) is 0.850. The van der Waals surface area contributed by atoms with Crippen LogP contribution in [0.5, 0.6) is 0 Å². The predicted octanol–water partition coefficient (Wildman–Crippen LogP) is 4.05. The van der Waals surface area contributed by atoms with E-state index in [0.29, 0.717) is 5.69 Å². The normalized spacial score (nSPS) is 20.2. The fourth-order valence-corrected chi connectivity index (χ4v) is 4.05. The minimum atomic E-state index is -0.495. The van der Waals surface area contributed by atoms with Crippen LogP contribution in [-0.2, 0) is 9.59 Å². The molecular formula is C23H26FN3O2. The van der Waals surface area contributed by atoms with Gasteiger partial charge < -0.3 is 15.1 Å². The van der Waals surface area contributed by atoms with E-state index in [-0.39, 0.29) is 30.5 Å². The highest BCUT2D eigenvalue weighted by Crippen LogP contribution is 2.29. The van der Waals surface area contributed by atoms with Gasteiger partial charge in [-0.15, -0.1) is 0 Å². The Morgan fingerprint density at radius 1 is 1.07 bits per heavy atom. The number of nitrogens with one attached hydrogen (secondary N) is 1. The van der Waals surface area contributed by atoms with E-state index >= 15 is 0 Å². The molecule has 29 heavy (non-hydrogen) atoms. The molecule has 2 aromatic rings. The zero-order valence-corrected chi connectivity index (χ0v) is 16.6. The SMILES string of the molecule is CC1CCN(c2ccc(NC(=O)C3CC(=O)N(c4ccccc4F)C3)cc2)CC1. The molecule has 5 nitrogen and oxygen atoms in total. The number of halogens is 1. The summed E-state index contributed by atoms with van der Waals surface area (Å²) >= 11 is 0. The third kappa shape index (κ3) is 4.26. The number of anilines is 3. The van der Waals surface area contributed by atoms with E-state index < -0.39 is 11.7 Å². The van der Waals surface area contributed by atoms with Crippen LogP contribution < -0.4 is 15.1 Å². The molecule has 0 bridgehead atoms. The molecule has 2 aliphatic heterocycles. The van der Waals surface area contributed by atoms with Crippen LogP contribution >= 0.6 is 0 Å². The van der Waals surface area contributed by atoms with Gasteiger partial charge in [-0.3, -0.25) is 9.59 Å². The lowest BCUT2D eigenvalue weighted by Gasteiger charge is -2.32. The van der Waals surface area contributed by atoms with Crippen LogP contribution in [0.15, 0.2) is 48.5 Å². The Morgan fingerprint density at radius 3 is 2.45 bits per heavy atom. The van der Waals surface area contributed by atoms with Gasteiger partial charge >= 0.3 is 0 Å². The van der Waals surface area contributed by atoms with Crippen LogP contribution in [0, 0.1) is 17.7 Å². The Kier molecular flexibility index (Phi) is 5.51. The van der Waals surface area contributed by atoms with Crippen LogP contribution in [0.1, 0.15) is 26.2 Å². The number of carbonyl (C=O) groups excluding carboxylic acids is 2. The molecule has 0 aliphatic carbocycles. The number of amides is 2. The van der Waals surface area contributed by atoms with Gasteiger partial charge in [0.2, 0.25) is 11.8 Å². The van der Waals surface area contributed by atoms with Gasteiger partial charge in [-0.1, -0.05) is 19.1 Å². The largest absolute Gasteiger partial charge is 0.372 e. The number of nitrogens with zero attached hydrogens (tertiary/aromatic N) is 2. The first-order valence-electron chi connectivity index (χ1n) is 10.2. The molecule has 1 N–H and O–H groups in total. The molecule has 2 fully saturated rings. The van der Waals surface area contributed by atoms with Crippen molar-refractivity contribution in [2.45, 2.75) is 26.2 Å². The van der Waals surface area contributed by atoms with Crippen molar-refractivity contribution in [1.82, 2.24) is 0 Å². The molecule has 4 rings (SSSR count). The molecule has 1 atom stereocenters. The second kappa shape index (κ2) is 8.23. The highest BCUT2D eigenvalue weighted by atomic mass is 19.1. The van der Waals surface area contributed by atoms with Crippen LogP contribution in [-0.4, -0.2) is 31.4 Å². The summed E-state index contributed by atoms with van der Waals surface area (Å²) in [6, 6.07) is 14.0. The molecule has 0 aromatic heterocycles. The van der Waals surface area contributed by atoms with Gasteiger partial charge in [0.25, 0.3) is 0 Å². The van der Waals surface area contributed by atoms with Crippen molar-refractivity contribution < 1.29 is 14.0 Å². The van der Waals surface area contributed by atoms with E-state index in [1.165, 1.54) is 23.8 Å². The van der Waals surface area contributed by atoms with Gasteiger partial charge in [-0.05, 0) is 55.2 Å². The first-order valence-corrected chi connectivity index (χ1v) is 10.2. The highest BCUT2D eigenvalue weighted by Gasteiger charge is 2.36. The van der Waals surface area contributed by atoms with Gasteiger partial charge in [0, 0.05) is 37.4 Å². The van der Waals surface area contributed by atoms with Gasteiger partial charge in [-0.2, -0.15) is 0 Å². The molecule has 2 aromatic carbocycles. The topological polar surface area (TPSA) is 52.7 Å². The van der Waals surface area contributed by atoms with Crippen LogP contribution in [0.25, 0.3) is 0 Å². The average molecular weight is 395 g/mol. The molecule has 6 heteroatoms. The lowest BCUT2D eigenvalue weighted by atomic mass is 9.99. The van der Waals surface area contributed by atoms with Crippen LogP contribution in [0.4, 0.5) is 21.5 Å². The summed E-state index contributed by atoms with van der Waals surface area (Å²) in [6.45, 7) is 4.60. The smallest absolute Gasteiger partial charge is 0.229 e. The molecule has 2 saturated heterocycles. The number of para-hydroxylation sites is 1. The molecule has 2 heterocycles. The average Bonchev–Trinajstić information content (AvgIpc) is 3.11. The fraction of sp³-hybridized carbons (Fsp3) is 0.391. The zero-order chi connectivity index (χ0) is 20.4. The Bertz CT molecular complexity index is 891. The van der Waals surface area contributed by atoms with Crippen molar-refractivity contribution in [1.29, 1.82) is 0 Å². The molecule has 1 unspecified atom stereocenters. The van der Waals surface area contributed by atoms with Gasteiger partial charge in [0.05, 0.1) is 11.6 Å². The van der Waals surface area contributed by atoms with E-state index in [1.807, 2.05) is 24.3 Å². The van der Waals surface area contributed by atoms with E-state index in [1.54, 1.807) is 18.2 Å². The number of piperidine rings is 1. The lowest BCUT2D eigenvalue weighted by molar-refractivity contribution is -0.122. The summed E-state index contributed by atoms with van der Waals surface area (Å²) < 4.78 is 14.0. The van der Waals surface area contributed by atoms with Crippen molar-refractivity contribution in [3.8, 4) is 0 Å². The van der Waals surface area contributed by atoms with Crippen molar-refractivity contribution in [2.24, 2.45) is 11.8 Å². The maximum absolute atomic E-state index is 14.0. The molecular weight excluding hydrogens is 369 g/mol. The third-order valence-electron chi connectivity index (χ3n) is 5.92. The van der Waals surface area contributed by atoms with Gasteiger partial charge in [0.1, 0.15) is 5.82 Å². The highest BCUT2D eigenvalue weighted by molar-refractivity contribution is 6.03. The van der Waals surface area contributed by atoms with Crippen LogP contribution in [0.3, 0.4) is 0 Å². The van der Waals surface area contributed by atoms with Gasteiger partial charge in [0.15, 0.2) is 0 Å². The van der Waals surface area contributed by atoms with Crippen LogP contribution in [0.2, 0.25) is 0 Å². The first kappa shape index (κ1) is 19.4. The van der Waals surface area contributed by atoms with Crippen molar-refractivity contribution in [3.63, 3.8) is 0 Å². The molecule has 0 saturated carbocycles. The number of hydrogen-bond acceptors (Lipinski definition) is 3. The molecule has 0 radical (unpaired) electrons. The monoisotopic (exact) mass is 395 g/mol. The number of hydrogen-bond donors (Lipinski definition) is 1. The fourth-order valence-electron chi connectivity index (χ4n) is 4.05. The van der Waals surface area contributed by atoms with Crippen molar-refractivity contribution >= 4 is 28.9 Å². The van der Waals surface area contributed by atoms with Crippen molar-refractivity contribution in [2.75, 3.05) is 34.8 Å². The number of benzene rings is 2. The van der Waals surface area contributed by atoms with E-state index in [2.05, 4.69) is 17.1 Å². The Hall–Kier alpha value is -2.89. The molecule has 2 amide bonds. The van der Waals surface area contributed by atoms with Crippen molar-refractivity contribution in [3.05, 3.63) is 54.3 Å². The second-order valence-electron chi connectivity index (χ2n) is 8.06.